The van der Waals surface area contributed by atoms with E-state index in [4.69, 9.17) is 9.47 Å². The minimum absolute atomic E-state index is 0.156. The van der Waals surface area contributed by atoms with Crippen LogP contribution in [0.3, 0.4) is 0 Å². The Labute approximate surface area is 182 Å². The average molecular weight is 448 g/mol. The lowest BCUT2D eigenvalue weighted by molar-refractivity contribution is -0.137. The largest absolute Gasteiger partial charge is 0.491 e. The first-order valence-corrected chi connectivity index (χ1v) is 10.3. The van der Waals surface area contributed by atoms with Gasteiger partial charge < -0.3 is 14.4 Å². The summed E-state index contributed by atoms with van der Waals surface area (Å²) in [7, 11) is 1.58. The zero-order valence-electron chi connectivity index (χ0n) is 17.5. The lowest BCUT2D eigenvalue weighted by Crippen LogP contribution is -2.39. The van der Waals surface area contributed by atoms with Crippen molar-refractivity contribution in [3.63, 3.8) is 0 Å². The van der Waals surface area contributed by atoms with Crippen molar-refractivity contribution in [3.05, 3.63) is 59.5 Å². The maximum atomic E-state index is 13.2. The summed E-state index contributed by atoms with van der Waals surface area (Å²) >= 11 is 0. The number of fused-ring (bicyclic) bond motifs is 1. The van der Waals surface area contributed by atoms with Crippen LogP contribution in [0.5, 0.6) is 5.75 Å². The maximum Gasteiger partial charge on any atom is 0.417 e. The van der Waals surface area contributed by atoms with Crippen molar-refractivity contribution >= 4 is 11.6 Å². The number of aromatic nitrogens is 3. The molecule has 1 fully saturated rings. The number of benzene rings is 1. The first kappa shape index (κ1) is 22.1. The molecule has 0 unspecified atom stereocenters. The summed E-state index contributed by atoms with van der Waals surface area (Å²) in [5.74, 6) is 0.633. The molecule has 1 aliphatic rings. The number of rotatable bonds is 6. The molecule has 3 aromatic rings. The number of carbonyl (C=O) groups is 1. The second-order valence-electron chi connectivity index (χ2n) is 7.66. The van der Waals surface area contributed by atoms with Crippen molar-refractivity contribution < 1.29 is 27.4 Å². The van der Waals surface area contributed by atoms with Crippen LogP contribution in [0.15, 0.2) is 42.6 Å². The summed E-state index contributed by atoms with van der Waals surface area (Å²) in [6.07, 6.45) is -2.01. The van der Waals surface area contributed by atoms with Gasteiger partial charge in [-0.1, -0.05) is 6.07 Å². The van der Waals surface area contributed by atoms with E-state index in [9.17, 15) is 18.0 Å². The van der Waals surface area contributed by atoms with Gasteiger partial charge in [0.05, 0.1) is 12.2 Å². The molecule has 1 aliphatic heterocycles. The van der Waals surface area contributed by atoms with E-state index < -0.39 is 11.7 Å². The molecule has 1 saturated heterocycles. The number of methoxy groups -OCH3 is 1. The molecule has 2 aromatic heterocycles. The number of amides is 1. The van der Waals surface area contributed by atoms with E-state index in [1.54, 1.807) is 36.3 Å². The second-order valence-corrected chi connectivity index (χ2v) is 7.66. The highest BCUT2D eigenvalue weighted by Gasteiger charge is 2.33. The van der Waals surface area contributed by atoms with Gasteiger partial charge in [-0.25, -0.2) is 0 Å². The van der Waals surface area contributed by atoms with Crippen LogP contribution >= 0.6 is 0 Å². The minimum Gasteiger partial charge on any atom is -0.491 e. The van der Waals surface area contributed by atoms with Crippen LogP contribution in [0, 0.1) is 0 Å². The Morgan fingerprint density at radius 2 is 2.03 bits per heavy atom. The number of nitrogens with zero attached hydrogens (tertiary/aromatic N) is 4. The standard InChI is InChI=1S/C22H23F3N4O3/c1-31-10-11-32-18-6-2-4-15(12-18)21(30)28-9-3-5-16(13-28)20-27-26-19-8-7-17(14-29(19)20)22(23,24)25/h2,4,6-8,12,14,16H,3,5,9-11,13H2,1H3/t16-/m0/s1. The van der Waals surface area contributed by atoms with E-state index in [0.29, 0.717) is 61.9 Å². The summed E-state index contributed by atoms with van der Waals surface area (Å²) in [6, 6.07) is 9.22. The smallest absolute Gasteiger partial charge is 0.417 e. The van der Waals surface area contributed by atoms with Gasteiger partial charge in [-0.05, 0) is 43.2 Å². The zero-order valence-corrected chi connectivity index (χ0v) is 17.5. The van der Waals surface area contributed by atoms with Gasteiger partial charge >= 0.3 is 6.18 Å². The summed E-state index contributed by atoms with van der Waals surface area (Å²) in [5, 5.41) is 8.15. The van der Waals surface area contributed by atoms with E-state index in [2.05, 4.69) is 10.2 Å². The molecule has 0 spiro atoms. The lowest BCUT2D eigenvalue weighted by atomic mass is 9.96. The van der Waals surface area contributed by atoms with Crippen molar-refractivity contribution in [2.75, 3.05) is 33.4 Å². The van der Waals surface area contributed by atoms with Crippen LogP contribution in [0.1, 0.15) is 40.5 Å². The predicted octanol–water partition coefficient (Wildman–Crippen LogP) is 3.79. The molecule has 0 radical (unpaired) electrons. The van der Waals surface area contributed by atoms with Gasteiger partial charge in [0.25, 0.3) is 5.91 Å². The molecular weight excluding hydrogens is 425 g/mol. The molecule has 0 N–H and O–H groups in total. The Morgan fingerprint density at radius 3 is 2.81 bits per heavy atom. The van der Waals surface area contributed by atoms with Gasteiger partial charge in [-0.15, -0.1) is 10.2 Å². The van der Waals surface area contributed by atoms with Crippen molar-refractivity contribution in [1.82, 2.24) is 19.5 Å². The summed E-state index contributed by atoms with van der Waals surface area (Å²) in [6.45, 7) is 1.73. The summed E-state index contributed by atoms with van der Waals surface area (Å²) < 4.78 is 51.4. The third-order valence-electron chi connectivity index (χ3n) is 5.47. The lowest BCUT2D eigenvalue weighted by Gasteiger charge is -2.32. The Balaban J connectivity index is 1.53. The molecule has 4 rings (SSSR count). The number of piperidine rings is 1. The van der Waals surface area contributed by atoms with Gasteiger partial charge in [-0.3, -0.25) is 9.20 Å². The van der Waals surface area contributed by atoms with Crippen molar-refractivity contribution in [2.24, 2.45) is 0 Å². The van der Waals surface area contributed by atoms with Gasteiger partial charge in [0.2, 0.25) is 0 Å². The number of ether oxygens (including phenoxy) is 2. The number of carbonyl (C=O) groups excluding carboxylic acids is 1. The monoisotopic (exact) mass is 448 g/mol. The van der Waals surface area contributed by atoms with Crippen LogP contribution in [0.4, 0.5) is 13.2 Å². The van der Waals surface area contributed by atoms with E-state index >= 15 is 0 Å². The Hall–Kier alpha value is -3.14. The molecule has 0 bridgehead atoms. The molecule has 7 nitrogen and oxygen atoms in total. The summed E-state index contributed by atoms with van der Waals surface area (Å²) in [5.41, 5.74) is 0.0727. The normalized spacial score (nSPS) is 17.0. The van der Waals surface area contributed by atoms with E-state index in [0.717, 1.165) is 12.3 Å². The maximum absolute atomic E-state index is 13.2. The molecule has 10 heteroatoms. The first-order valence-electron chi connectivity index (χ1n) is 10.3. The van der Waals surface area contributed by atoms with Gasteiger partial charge in [0.15, 0.2) is 5.65 Å². The van der Waals surface area contributed by atoms with E-state index in [1.165, 1.54) is 10.5 Å². The number of pyridine rings is 1. The van der Waals surface area contributed by atoms with E-state index in [-0.39, 0.29) is 11.8 Å². The van der Waals surface area contributed by atoms with Crippen LogP contribution in [0.25, 0.3) is 5.65 Å². The van der Waals surface area contributed by atoms with Crippen molar-refractivity contribution in [2.45, 2.75) is 24.9 Å². The number of hydrogen-bond donors (Lipinski definition) is 0. The zero-order chi connectivity index (χ0) is 22.7. The van der Waals surface area contributed by atoms with Crippen LogP contribution < -0.4 is 4.74 Å². The molecule has 0 aliphatic carbocycles. The molecule has 1 amide bonds. The van der Waals surface area contributed by atoms with Gasteiger partial charge in [-0.2, -0.15) is 13.2 Å². The number of alkyl halides is 3. The topological polar surface area (TPSA) is 69.0 Å². The molecule has 0 saturated carbocycles. The molecule has 170 valence electrons. The van der Waals surface area contributed by atoms with Crippen LogP contribution in [0.2, 0.25) is 0 Å². The Kier molecular flexibility index (Phi) is 6.31. The number of halogens is 3. The third kappa shape index (κ3) is 4.69. The fourth-order valence-corrected chi connectivity index (χ4v) is 3.87. The fourth-order valence-electron chi connectivity index (χ4n) is 3.87. The highest BCUT2D eigenvalue weighted by atomic mass is 19.4. The van der Waals surface area contributed by atoms with Gasteiger partial charge in [0.1, 0.15) is 18.2 Å². The average Bonchev–Trinajstić information content (AvgIpc) is 3.22. The third-order valence-corrected chi connectivity index (χ3v) is 5.47. The van der Waals surface area contributed by atoms with Crippen molar-refractivity contribution in [1.29, 1.82) is 0 Å². The minimum atomic E-state index is -4.46. The highest BCUT2D eigenvalue weighted by Crippen LogP contribution is 2.31. The SMILES string of the molecule is COCCOc1cccc(C(=O)N2CCC[C@H](c3nnc4ccc(C(F)(F)F)cn34)C2)c1. The quantitative estimate of drug-likeness (QED) is 0.537. The predicted molar refractivity (Wildman–Crippen MR) is 110 cm³/mol. The van der Waals surface area contributed by atoms with Crippen LogP contribution in [-0.2, 0) is 10.9 Å². The Morgan fingerprint density at radius 1 is 1.19 bits per heavy atom. The molecule has 32 heavy (non-hydrogen) atoms. The molecule has 3 heterocycles. The number of likely N-dealkylation sites (tertiary alicyclic amines) is 1. The first-order chi connectivity index (χ1) is 15.4. The van der Waals surface area contributed by atoms with Crippen LogP contribution in [-0.4, -0.2) is 58.8 Å². The second kappa shape index (κ2) is 9.15. The Bertz CT molecular complexity index is 1100. The molecule has 1 atom stereocenters. The van der Waals surface area contributed by atoms with Gasteiger partial charge in [0, 0.05) is 37.9 Å². The molecule has 1 aromatic carbocycles. The molecular formula is C22H23F3N4O3. The van der Waals surface area contributed by atoms with E-state index in [1.807, 2.05) is 0 Å². The number of hydrogen-bond acceptors (Lipinski definition) is 5. The van der Waals surface area contributed by atoms with Crippen molar-refractivity contribution in [3.8, 4) is 5.75 Å². The fraction of sp³-hybridized carbons (Fsp3) is 0.409. The highest BCUT2D eigenvalue weighted by molar-refractivity contribution is 5.94. The summed E-state index contributed by atoms with van der Waals surface area (Å²) in [4.78, 5) is 14.8.